The number of carbonyl (C=O) groups is 3. The molecular formula is C10H15NO5. The van der Waals surface area contributed by atoms with Crippen molar-refractivity contribution in [2.45, 2.75) is 38.1 Å². The molecule has 1 rings (SSSR count). The van der Waals surface area contributed by atoms with E-state index in [0.717, 1.165) is 19.3 Å². The standard InChI is InChI=1S/C10H15NO5/c12-8(13)5-4-7(10(15)16)11-9(14)6-2-1-3-6/h6-7H,1-5H2,(H,11,14)(H,12,13)(H,15,16)/t7-/m0/s1. The summed E-state index contributed by atoms with van der Waals surface area (Å²) < 4.78 is 0. The number of rotatable bonds is 6. The van der Waals surface area contributed by atoms with Crippen molar-refractivity contribution in [2.75, 3.05) is 0 Å². The number of nitrogens with one attached hydrogen (secondary N) is 1. The monoisotopic (exact) mass is 229 g/mol. The second-order valence-electron chi connectivity index (χ2n) is 3.96. The Kier molecular flexibility index (Phi) is 4.28. The van der Waals surface area contributed by atoms with Gasteiger partial charge in [-0.15, -0.1) is 0 Å². The van der Waals surface area contributed by atoms with Gasteiger partial charge in [0.15, 0.2) is 0 Å². The molecule has 1 aliphatic rings. The van der Waals surface area contributed by atoms with Crippen LogP contribution >= 0.6 is 0 Å². The smallest absolute Gasteiger partial charge is 0.326 e. The number of carbonyl (C=O) groups excluding carboxylic acids is 1. The highest BCUT2D eigenvalue weighted by molar-refractivity contribution is 5.85. The molecule has 0 radical (unpaired) electrons. The van der Waals surface area contributed by atoms with E-state index < -0.39 is 18.0 Å². The van der Waals surface area contributed by atoms with E-state index in [1.807, 2.05) is 0 Å². The Morgan fingerprint density at radius 1 is 1.25 bits per heavy atom. The number of hydrogen-bond acceptors (Lipinski definition) is 3. The van der Waals surface area contributed by atoms with E-state index in [9.17, 15) is 14.4 Å². The maximum absolute atomic E-state index is 11.5. The van der Waals surface area contributed by atoms with Gasteiger partial charge < -0.3 is 15.5 Å². The van der Waals surface area contributed by atoms with Crippen LogP contribution in [0.5, 0.6) is 0 Å². The van der Waals surface area contributed by atoms with Crippen molar-refractivity contribution in [1.29, 1.82) is 0 Å². The molecule has 1 amide bonds. The van der Waals surface area contributed by atoms with E-state index in [1.165, 1.54) is 0 Å². The largest absolute Gasteiger partial charge is 0.481 e. The number of hydrogen-bond donors (Lipinski definition) is 3. The second kappa shape index (κ2) is 5.48. The lowest BCUT2D eigenvalue weighted by molar-refractivity contribution is -0.144. The molecule has 0 aromatic rings. The number of carboxylic acids is 2. The van der Waals surface area contributed by atoms with Crippen molar-refractivity contribution >= 4 is 17.8 Å². The van der Waals surface area contributed by atoms with E-state index in [-0.39, 0.29) is 24.7 Å². The van der Waals surface area contributed by atoms with Gasteiger partial charge in [-0.25, -0.2) is 4.79 Å². The fourth-order valence-corrected chi connectivity index (χ4v) is 1.49. The lowest BCUT2D eigenvalue weighted by Crippen LogP contribution is -2.45. The van der Waals surface area contributed by atoms with E-state index in [4.69, 9.17) is 10.2 Å². The maximum Gasteiger partial charge on any atom is 0.326 e. The minimum atomic E-state index is -1.19. The summed E-state index contributed by atoms with van der Waals surface area (Å²) >= 11 is 0. The highest BCUT2D eigenvalue weighted by Crippen LogP contribution is 2.26. The predicted octanol–water partition coefficient (Wildman–Crippen LogP) is 0.221. The third-order valence-corrected chi connectivity index (χ3v) is 2.74. The van der Waals surface area contributed by atoms with Crippen LogP contribution in [0.2, 0.25) is 0 Å². The molecule has 1 saturated carbocycles. The van der Waals surface area contributed by atoms with Gasteiger partial charge in [-0.3, -0.25) is 9.59 Å². The molecule has 0 aromatic carbocycles. The fourth-order valence-electron chi connectivity index (χ4n) is 1.49. The van der Waals surface area contributed by atoms with Crippen LogP contribution in [0.4, 0.5) is 0 Å². The number of carboxylic acid groups (broad SMARTS) is 2. The minimum Gasteiger partial charge on any atom is -0.481 e. The summed E-state index contributed by atoms with van der Waals surface area (Å²) in [6.45, 7) is 0. The van der Waals surface area contributed by atoms with Crippen molar-refractivity contribution in [2.24, 2.45) is 5.92 Å². The molecule has 6 heteroatoms. The molecule has 1 fully saturated rings. The summed E-state index contributed by atoms with van der Waals surface area (Å²) in [5.74, 6) is -2.62. The van der Waals surface area contributed by atoms with Crippen LogP contribution in [-0.2, 0) is 14.4 Å². The van der Waals surface area contributed by atoms with Gasteiger partial charge in [-0.2, -0.15) is 0 Å². The summed E-state index contributed by atoms with van der Waals surface area (Å²) in [5.41, 5.74) is 0. The summed E-state index contributed by atoms with van der Waals surface area (Å²) in [7, 11) is 0. The lowest BCUT2D eigenvalue weighted by Gasteiger charge is -2.25. The van der Waals surface area contributed by atoms with E-state index in [1.54, 1.807) is 0 Å². The van der Waals surface area contributed by atoms with Crippen molar-refractivity contribution < 1.29 is 24.6 Å². The van der Waals surface area contributed by atoms with Gasteiger partial charge in [-0.05, 0) is 19.3 Å². The summed E-state index contributed by atoms with van der Waals surface area (Å²) in [6.07, 6.45) is 2.23. The number of aliphatic carboxylic acids is 2. The molecule has 3 N–H and O–H groups in total. The third kappa shape index (κ3) is 3.52. The Morgan fingerprint density at radius 3 is 2.25 bits per heavy atom. The molecule has 90 valence electrons. The summed E-state index contributed by atoms with van der Waals surface area (Å²) in [6, 6.07) is -1.09. The van der Waals surface area contributed by atoms with Crippen molar-refractivity contribution in [3.63, 3.8) is 0 Å². The lowest BCUT2D eigenvalue weighted by atomic mass is 9.84. The molecule has 0 heterocycles. The van der Waals surface area contributed by atoms with Crippen molar-refractivity contribution in [3.05, 3.63) is 0 Å². The van der Waals surface area contributed by atoms with E-state index in [2.05, 4.69) is 5.32 Å². The molecule has 1 aliphatic carbocycles. The number of amides is 1. The molecule has 6 nitrogen and oxygen atoms in total. The molecule has 1 atom stereocenters. The van der Waals surface area contributed by atoms with E-state index in [0.29, 0.717) is 0 Å². The minimum absolute atomic E-state index is 0.0802. The molecule has 0 unspecified atom stereocenters. The Bertz CT molecular complexity index is 298. The Hall–Kier alpha value is -1.59. The zero-order chi connectivity index (χ0) is 12.1. The predicted molar refractivity (Wildman–Crippen MR) is 53.8 cm³/mol. The van der Waals surface area contributed by atoms with E-state index >= 15 is 0 Å². The van der Waals surface area contributed by atoms with Gasteiger partial charge >= 0.3 is 11.9 Å². The zero-order valence-corrected chi connectivity index (χ0v) is 8.81. The van der Waals surface area contributed by atoms with Crippen LogP contribution < -0.4 is 5.32 Å². The van der Waals surface area contributed by atoms with Crippen LogP contribution in [-0.4, -0.2) is 34.1 Å². The summed E-state index contributed by atoms with van der Waals surface area (Å²) in [4.78, 5) is 32.5. The van der Waals surface area contributed by atoms with Gasteiger partial charge in [0.2, 0.25) is 5.91 Å². The first-order valence-corrected chi connectivity index (χ1v) is 5.25. The first-order chi connectivity index (χ1) is 7.50. The van der Waals surface area contributed by atoms with Gasteiger partial charge in [-0.1, -0.05) is 6.42 Å². The highest BCUT2D eigenvalue weighted by atomic mass is 16.4. The van der Waals surface area contributed by atoms with Crippen molar-refractivity contribution in [3.8, 4) is 0 Å². The normalized spacial score (nSPS) is 17.2. The molecular weight excluding hydrogens is 214 g/mol. The van der Waals surface area contributed by atoms with Crippen LogP contribution in [0.15, 0.2) is 0 Å². The average Bonchev–Trinajstić information content (AvgIpc) is 2.08. The van der Waals surface area contributed by atoms with Crippen molar-refractivity contribution in [1.82, 2.24) is 5.32 Å². The van der Waals surface area contributed by atoms with Crippen LogP contribution in [0.1, 0.15) is 32.1 Å². The van der Waals surface area contributed by atoms with Crippen LogP contribution in [0, 0.1) is 5.92 Å². The molecule has 0 saturated heterocycles. The van der Waals surface area contributed by atoms with Crippen LogP contribution in [0.25, 0.3) is 0 Å². The topological polar surface area (TPSA) is 104 Å². The van der Waals surface area contributed by atoms with Gasteiger partial charge in [0.1, 0.15) is 6.04 Å². The first kappa shape index (κ1) is 12.5. The summed E-state index contributed by atoms with van der Waals surface area (Å²) in [5, 5.41) is 19.6. The molecule has 0 aromatic heterocycles. The quantitative estimate of drug-likeness (QED) is 0.604. The molecule has 16 heavy (non-hydrogen) atoms. The molecule has 0 spiro atoms. The maximum atomic E-state index is 11.5. The Balaban J connectivity index is 2.40. The van der Waals surface area contributed by atoms with Gasteiger partial charge in [0.25, 0.3) is 0 Å². The van der Waals surface area contributed by atoms with Gasteiger partial charge in [0, 0.05) is 12.3 Å². The second-order valence-corrected chi connectivity index (χ2v) is 3.96. The fraction of sp³-hybridized carbons (Fsp3) is 0.700. The zero-order valence-electron chi connectivity index (χ0n) is 8.81. The third-order valence-electron chi connectivity index (χ3n) is 2.74. The molecule has 0 bridgehead atoms. The highest BCUT2D eigenvalue weighted by Gasteiger charge is 2.29. The Morgan fingerprint density at radius 2 is 1.88 bits per heavy atom. The molecule has 0 aliphatic heterocycles. The SMILES string of the molecule is O=C(O)CC[C@H](NC(=O)C1CCC1)C(=O)O. The first-order valence-electron chi connectivity index (χ1n) is 5.25. The van der Waals surface area contributed by atoms with Gasteiger partial charge in [0.05, 0.1) is 0 Å². The Labute approximate surface area is 92.6 Å². The van der Waals surface area contributed by atoms with Crippen LogP contribution in [0.3, 0.4) is 0 Å². The average molecular weight is 229 g/mol.